The highest BCUT2D eigenvalue weighted by Crippen LogP contribution is 2.21. The molecule has 0 saturated carbocycles. The van der Waals surface area contributed by atoms with Crippen molar-refractivity contribution in [3.05, 3.63) is 59.4 Å². The summed E-state index contributed by atoms with van der Waals surface area (Å²) in [5, 5.41) is 12.3. The Balaban J connectivity index is 1.89. The molecule has 0 spiro atoms. The van der Waals surface area contributed by atoms with Crippen LogP contribution < -0.4 is 5.32 Å². The van der Waals surface area contributed by atoms with Crippen LogP contribution >= 0.6 is 11.3 Å². The lowest BCUT2D eigenvalue weighted by atomic mass is 10.1. The maximum absolute atomic E-state index is 12.9. The van der Waals surface area contributed by atoms with Crippen molar-refractivity contribution >= 4 is 22.4 Å². The standard InChI is InChI=1S/C17H20FN3O2S/c1-2-7-21(8-9-22)12-16(23)20-17-19-11-15(24-17)10-13-3-5-14(18)6-4-13/h2-6,11,22H,1,7-10,12H2,(H,19,20,23). The number of hydrogen-bond donors (Lipinski definition) is 2. The van der Waals surface area contributed by atoms with E-state index in [0.29, 0.717) is 24.6 Å². The van der Waals surface area contributed by atoms with Crippen LogP contribution in [-0.2, 0) is 11.2 Å². The Bertz CT molecular complexity index is 673. The molecule has 0 radical (unpaired) electrons. The van der Waals surface area contributed by atoms with Crippen LogP contribution in [0.25, 0.3) is 0 Å². The third-order valence-corrected chi connectivity index (χ3v) is 4.18. The third-order valence-electron chi connectivity index (χ3n) is 3.26. The summed E-state index contributed by atoms with van der Waals surface area (Å²) in [6, 6.07) is 6.31. The van der Waals surface area contributed by atoms with Gasteiger partial charge < -0.3 is 10.4 Å². The number of benzene rings is 1. The number of thiazole rings is 1. The number of rotatable bonds is 9. The second-order valence-electron chi connectivity index (χ2n) is 5.23. The van der Waals surface area contributed by atoms with Crippen molar-refractivity contribution in [3.8, 4) is 0 Å². The normalized spacial score (nSPS) is 10.8. The molecule has 0 bridgehead atoms. The Morgan fingerprint density at radius 1 is 1.42 bits per heavy atom. The van der Waals surface area contributed by atoms with Gasteiger partial charge in [0.1, 0.15) is 5.82 Å². The number of amides is 1. The summed E-state index contributed by atoms with van der Waals surface area (Å²) in [7, 11) is 0. The number of nitrogens with one attached hydrogen (secondary N) is 1. The molecular formula is C17H20FN3O2S. The lowest BCUT2D eigenvalue weighted by Gasteiger charge is -2.18. The van der Waals surface area contributed by atoms with E-state index in [1.54, 1.807) is 29.3 Å². The van der Waals surface area contributed by atoms with Crippen LogP contribution in [0, 0.1) is 5.82 Å². The van der Waals surface area contributed by atoms with Gasteiger partial charge in [0.15, 0.2) is 5.13 Å². The van der Waals surface area contributed by atoms with Crippen molar-refractivity contribution in [1.29, 1.82) is 0 Å². The molecular weight excluding hydrogens is 329 g/mol. The smallest absolute Gasteiger partial charge is 0.240 e. The molecule has 2 N–H and O–H groups in total. The molecule has 0 atom stereocenters. The summed E-state index contributed by atoms with van der Waals surface area (Å²) in [5.74, 6) is -0.448. The average molecular weight is 349 g/mol. The van der Waals surface area contributed by atoms with E-state index < -0.39 is 0 Å². The predicted octanol–water partition coefficient (Wildman–Crippen LogP) is 2.29. The molecule has 0 aliphatic rings. The molecule has 128 valence electrons. The molecule has 0 saturated heterocycles. The zero-order chi connectivity index (χ0) is 17.4. The molecule has 0 aliphatic heterocycles. The van der Waals surface area contributed by atoms with Crippen LogP contribution in [0.2, 0.25) is 0 Å². The van der Waals surface area contributed by atoms with Gasteiger partial charge in [-0.05, 0) is 17.7 Å². The second-order valence-corrected chi connectivity index (χ2v) is 6.35. The lowest BCUT2D eigenvalue weighted by Crippen LogP contribution is -2.35. The highest BCUT2D eigenvalue weighted by molar-refractivity contribution is 7.15. The zero-order valence-corrected chi connectivity index (χ0v) is 14.1. The molecule has 0 aliphatic carbocycles. The van der Waals surface area contributed by atoms with Gasteiger partial charge in [0, 0.05) is 30.6 Å². The van der Waals surface area contributed by atoms with Crippen LogP contribution in [0.15, 0.2) is 43.1 Å². The highest BCUT2D eigenvalue weighted by Gasteiger charge is 2.11. The molecule has 0 unspecified atom stereocenters. The molecule has 24 heavy (non-hydrogen) atoms. The van der Waals surface area contributed by atoms with Gasteiger partial charge >= 0.3 is 0 Å². The lowest BCUT2D eigenvalue weighted by molar-refractivity contribution is -0.117. The second kappa shape index (κ2) is 9.27. The van der Waals surface area contributed by atoms with E-state index >= 15 is 0 Å². The largest absolute Gasteiger partial charge is 0.395 e. The number of anilines is 1. The number of aliphatic hydroxyl groups is 1. The van der Waals surface area contributed by atoms with Crippen LogP contribution in [0.3, 0.4) is 0 Å². The zero-order valence-electron chi connectivity index (χ0n) is 13.2. The van der Waals surface area contributed by atoms with Crippen molar-refractivity contribution in [2.75, 3.05) is 31.6 Å². The maximum atomic E-state index is 12.9. The number of aliphatic hydroxyl groups excluding tert-OH is 1. The quantitative estimate of drug-likeness (QED) is 0.682. The average Bonchev–Trinajstić information content (AvgIpc) is 2.97. The van der Waals surface area contributed by atoms with Crippen molar-refractivity contribution in [2.45, 2.75) is 6.42 Å². The van der Waals surface area contributed by atoms with E-state index in [1.165, 1.54) is 23.5 Å². The molecule has 7 heteroatoms. The Morgan fingerprint density at radius 2 is 2.17 bits per heavy atom. The van der Waals surface area contributed by atoms with Crippen molar-refractivity contribution in [1.82, 2.24) is 9.88 Å². The minimum atomic E-state index is -0.261. The van der Waals surface area contributed by atoms with Crippen molar-refractivity contribution in [2.24, 2.45) is 0 Å². The Labute approximate surface area is 144 Å². The molecule has 1 heterocycles. The Kier molecular flexibility index (Phi) is 7.05. The van der Waals surface area contributed by atoms with E-state index in [-0.39, 0.29) is 24.9 Å². The molecule has 5 nitrogen and oxygen atoms in total. The van der Waals surface area contributed by atoms with Gasteiger partial charge in [-0.15, -0.1) is 17.9 Å². The summed E-state index contributed by atoms with van der Waals surface area (Å²) in [6.07, 6.45) is 4.03. The fraction of sp³-hybridized carbons (Fsp3) is 0.294. The van der Waals surface area contributed by atoms with Gasteiger partial charge in [-0.3, -0.25) is 9.69 Å². The van der Waals surface area contributed by atoms with Crippen molar-refractivity contribution < 1.29 is 14.3 Å². The number of hydrogen-bond acceptors (Lipinski definition) is 5. The van der Waals surface area contributed by atoms with E-state index in [1.807, 2.05) is 0 Å². The number of carbonyl (C=O) groups is 1. The molecule has 2 aromatic rings. The third kappa shape index (κ3) is 5.84. The van der Waals surface area contributed by atoms with Crippen LogP contribution in [0.4, 0.5) is 9.52 Å². The Hall–Kier alpha value is -2.09. The van der Waals surface area contributed by atoms with Gasteiger partial charge in [0.25, 0.3) is 0 Å². The topological polar surface area (TPSA) is 65.5 Å². The first-order chi connectivity index (χ1) is 11.6. The Morgan fingerprint density at radius 3 is 2.83 bits per heavy atom. The first-order valence-corrected chi connectivity index (χ1v) is 8.35. The fourth-order valence-electron chi connectivity index (χ4n) is 2.17. The van der Waals surface area contributed by atoms with Crippen LogP contribution in [0.1, 0.15) is 10.4 Å². The SMILES string of the molecule is C=CCN(CCO)CC(=O)Nc1ncc(Cc2ccc(F)cc2)s1. The summed E-state index contributed by atoms with van der Waals surface area (Å²) < 4.78 is 12.9. The molecule has 1 amide bonds. The minimum Gasteiger partial charge on any atom is -0.395 e. The van der Waals surface area contributed by atoms with Crippen molar-refractivity contribution in [3.63, 3.8) is 0 Å². The molecule has 2 rings (SSSR count). The summed E-state index contributed by atoms with van der Waals surface area (Å²) in [6.45, 7) is 4.73. The highest BCUT2D eigenvalue weighted by atomic mass is 32.1. The monoisotopic (exact) mass is 349 g/mol. The number of halogens is 1. The number of carbonyl (C=O) groups excluding carboxylic acids is 1. The number of nitrogens with zero attached hydrogens (tertiary/aromatic N) is 2. The molecule has 1 aromatic carbocycles. The van der Waals surface area contributed by atoms with Gasteiger partial charge in [-0.1, -0.05) is 18.2 Å². The number of aromatic nitrogens is 1. The molecule has 1 aromatic heterocycles. The van der Waals surface area contributed by atoms with Crippen LogP contribution in [-0.4, -0.2) is 47.1 Å². The van der Waals surface area contributed by atoms with Crippen LogP contribution in [0.5, 0.6) is 0 Å². The van der Waals surface area contributed by atoms with Gasteiger partial charge in [-0.25, -0.2) is 9.37 Å². The first kappa shape index (κ1) is 18.3. The minimum absolute atomic E-state index is 0.0137. The van der Waals surface area contributed by atoms with E-state index in [2.05, 4.69) is 16.9 Å². The van der Waals surface area contributed by atoms with E-state index in [9.17, 15) is 9.18 Å². The fourth-order valence-corrected chi connectivity index (χ4v) is 3.03. The molecule has 0 fully saturated rings. The summed E-state index contributed by atoms with van der Waals surface area (Å²) in [5.41, 5.74) is 0.984. The van der Waals surface area contributed by atoms with E-state index in [0.717, 1.165) is 10.4 Å². The van der Waals surface area contributed by atoms with E-state index in [4.69, 9.17) is 5.11 Å². The van der Waals surface area contributed by atoms with Gasteiger partial charge in [0.05, 0.1) is 13.2 Å². The summed E-state index contributed by atoms with van der Waals surface area (Å²) >= 11 is 1.39. The van der Waals surface area contributed by atoms with Gasteiger partial charge in [-0.2, -0.15) is 0 Å². The first-order valence-electron chi connectivity index (χ1n) is 7.54. The summed E-state index contributed by atoms with van der Waals surface area (Å²) in [4.78, 5) is 19.0. The maximum Gasteiger partial charge on any atom is 0.240 e. The van der Waals surface area contributed by atoms with Gasteiger partial charge in [0.2, 0.25) is 5.91 Å². The predicted molar refractivity (Wildman–Crippen MR) is 93.7 cm³/mol.